The molecule has 0 spiro atoms. The summed E-state index contributed by atoms with van der Waals surface area (Å²) in [5, 5.41) is 3.15. The van der Waals surface area contributed by atoms with E-state index in [1.165, 1.54) is 4.90 Å². The van der Waals surface area contributed by atoms with Crippen molar-refractivity contribution in [3.63, 3.8) is 0 Å². The maximum absolute atomic E-state index is 11.9. The van der Waals surface area contributed by atoms with Crippen molar-refractivity contribution in [2.45, 2.75) is 31.1 Å². The summed E-state index contributed by atoms with van der Waals surface area (Å²) in [6.45, 7) is 0.844. The van der Waals surface area contributed by atoms with Gasteiger partial charge in [0.1, 0.15) is 6.42 Å². The van der Waals surface area contributed by atoms with E-state index in [1.54, 1.807) is 0 Å². The summed E-state index contributed by atoms with van der Waals surface area (Å²) >= 11 is 0. The molecule has 14 heavy (non-hydrogen) atoms. The van der Waals surface area contributed by atoms with Crippen molar-refractivity contribution >= 4 is 5.91 Å². The normalized spacial score (nSPS) is 31.2. The first-order valence-corrected chi connectivity index (χ1v) is 4.54. The van der Waals surface area contributed by atoms with Crippen LogP contribution in [-0.2, 0) is 4.79 Å². The lowest BCUT2D eigenvalue weighted by atomic mass is 9.91. The van der Waals surface area contributed by atoms with Crippen LogP contribution in [0.2, 0.25) is 0 Å². The van der Waals surface area contributed by atoms with E-state index in [4.69, 9.17) is 0 Å². The fourth-order valence-electron chi connectivity index (χ4n) is 2.00. The highest BCUT2D eigenvalue weighted by Gasteiger charge is 2.41. The Balaban J connectivity index is 1.86. The van der Waals surface area contributed by atoms with Crippen molar-refractivity contribution in [3.05, 3.63) is 0 Å². The van der Waals surface area contributed by atoms with Crippen molar-refractivity contribution in [3.8, 4) is 0 Å². The predicted molar refractivity (Wildman–Crippen MR) is 42.6 cm³/mol. The Morgan fingerprint density at radius 2 is 1.86 bits per heavy atom. The highest BCUT2D eigenvalue weighted by molar-refractivity contribution is 5.77. The lowest BCUT2D eigenvalue weighted by Gasteiger charge is -2.48. The van der Waals surface area contributed by atoms with Gasteiger partial charge in [0, 0.05) is 25.2 Å². The number of carbonyl (C=O) groups excluding carboxylic acids is 1. The van der Waals surface area contributed by atoms with Gasteiger partial charge in [-0.1, -0.05) is 0 Å². The minimum absolute atomic E-state index is 0.214. The number of nitrogens with zero attached hydrogens (tertiary/aromatic N) is 1. The van der Waals surface area contributed by atoms with Crippen LogP contribution in [0.25, 0.3) is 0 Å². The lowest BCUT2D eigenvalue weighted by molar-refractivity contribution is -0.164. The molecule has 3 saturated heterocycles. The number of piperidine rings is 1. The standard InChI is InChI=1S/C8H11F3N2O/c9-8(10,11)2-7(14)13-3-5-1-6(4-13)12-5/h5-6,12H,1-4H2/t5-,6+. The molecule has 3 fully saturated rings. The number of alkyl halides is 3. The summed E-state index contributed by atoms with van der Waals surface area (Å²) in [7, 11) is 0. The zero-order valence-corrected chi connectivity index (χ0v) is 7.47. The average molecular weight is 208 g/mol. The fraction of sp³-hybridized carbons (Fsp3) is 0.875. The molecule has 3 aliphatic rings. The molecule has 2 atom stereocenters. The molecular weight excluding hydrogens is 197 g/mol. The molecule has 3 heterocycles. The number of nitrogens with one attached hydrogen (secondary N) is 1. The van der Waals surface area contributed by atoms with E-state index in [1.807, 2.05) is 0 Å². The molecule has 0 radical (unpaired) electrons. The van der Waals surface area contributed by atoms with E-state index < -0.39 is 18.5 Å². The number of piperazine rings is 1. The SMILES string of the molecule is O=C(CC(F)(F)F)N1C[C@H]2C[C@@H](C1)N2. The van der Waals surface area contributed by atoms with E-state index in [0.717, 1.165) is 6.42 Å². The minimum Gasteiger partial charge on any atom is -0.339 e. The molecule has 0 aliphatic carbocycles. The first-order valence-electron chi connectivity index (χ1n) is 4.54. The third-order valence-electron chi connectivity index (χ3n) is 2.63. The fourth-order valence-corrected chi connectivity index (χ4v) is 2.00. The maximum atomic E-state index is 11.9. The second kappa shape index (κ2) is 3.12. The monoisotopic (exact) mass is 208 g/mol. The summed E-state index contributed by atoms with van der Waals surface area (Å²) in [6, 6.07) is 0.428. The molecular formula is C8H11F3N2O. The van der Waals surface area contributed by atoms with Crippen molar-refractivity contribution in [2.75, 3.05) is 13.1 Å². The Kier molecular flexibility index (Phi) is 2.17. The smallest absolute Gasteiger partial charge is 0.339 e. The third kappa shape index (κ3) is 2.00. The van der Waals surface area contributed by atoms with Crippen LogP contribution in [0.5, 0.6) is 0 Å². The second-order valence-corrected chi connectivity index (χ2v) is 3.89. The highest BCUT2D eigenvalue weighted by Crippen LogP contribution is 2.25. The van der Waals surface area contributed by atoms with Gasteiger partial charge in [-0.05, 0) is 6.42 Å². The van der Waals surface area contributed by atoms with Gasteiger partial charge in [-0.15, -0.1) is 0 Å². The predicted octanol–water partition coefficient (Wildman–Crippen LogP) is 0.512. The number of rotatable bonds is 1. The van der Waals surface area contributed by atoms with Crippen molar-refractivity contribution < 1.29 is 18.0 Å². The first-order chi connectivity index (χ1) is 6.44. The van der Waals surface area contributed by atoms with Crippen molar-refractivity contribution in [2.24, 2.45) is 0 Å². The van der Waals surface area contributed by atoms with Crippen molar-refractivity contribution in [1.29, 1.82) is 0 Å². The van der Waals surface area contributed by atoms with Crippen LogP contribution < -0.4 is 5.32 Å². The first kappa shape index (κ1) is 9.76. The largest absolute Gasteiger partial charge is 0.397 e. The van der Waals surface area contributed by atoms with Crippen LogP contribution in [0.15, 0.2) is 0 Å². The van der Waals surface area contributed by atoms with Gasteiger partial charge in [0.2, 0.25) is 5.91 Å². The second-order valence-electron chi connectivity index (χ2n) is 3.89. The van der Waals surface area contributed by atoms with Gasteiger partial charge < -0.3 is 10.2 Å². The molecule has 1 N–H and O–H groups in total. The highest BCUT2D eigenvalue weighted by atomic mass is 19.4. The van der Waals surface area contributed by atoms with Crippen LogP contribution in [0, 0.1) is 0 Å². The maximum Gasteiger partial charge on any atom is 0.397 e. The Morgan fingerprint density at radius 3 is 2.29 bits per heavy atom. The van der Waals surface area contributed by atoms with E-state index >= 15 is 0 Å². The van der Waals surface area contributed by atoms with Gasteiger partial charge in [-0.2, -0.15) is 13.2 Å². The molecule has 1 amide bonds. The summed E-state index contributed by atoms with van der Waals surface area (Å²) in [6.07, 6.45) is -4.73. The van der Waals surface area contributed by atoms with Crippen LogP contribution in [-0.4, -0.2) is 42.2 Å². The molecule has 0 aromatic heterocycles. The van der Waals surface area contributed by atoms with Gasteiger partial charge in [-0.3, -0.25) is 4.79 Å². The topological polar surface area (TPSA) is 32.3 Å². The summed E-state index contributed by atoms with van der Waals surface area (Å²) in [4.78, 5) is 12.5. The molecule has 0 aromatic rings. The van der Waals surface area contributed by atoms with E-state index in [0.29, 0.717) is 13.1 Å². The van der Waals surface area contributed by atoms with Gasteiger partial charge in [-0.25, -0.2) is 0 Å². The summed E-state index contributed by atoms with van der Waals surface area (Å²) in [5.74, 6) is -0.797. The molecule has 0 saturated carbocycles. The Labute approximate surface area is 79.3 Å². The van der Waals surface area contributed by atoms with Gasteiger partial charge in [0.25, 0.3) is 0 Å². The quantitative estimate of drug-likeness (QED) is 0.681. The van der Waals surface area contributed by atoms with Crippen LogP contribution in [0.4, 0.5) is 13.2 Å². The molecule has 80 valence electrons. The lowest BCUT2D eigenvalue weighted by Crippen LogP contribution is -2.67. The van der Waals surface area contributed by atoms with Gasteiger partial charge >= 0.3 is 6.18 Å². The molecule has 2 bridgehead atoms. The summed E-state index contributed by atoms with van der Waals surface area (Å²) in [5.41, 5.74) is 0. The molecule has 0 aromatic carbocycles. The Bertz CT molecular complexity index is 237. The third-order valence-corrected chi connectivity index (χ3v) is 2.63. The zero-order valence-electron chi connectivity index (χ0n) is 7.47. The molecule has 3 nitrogen and oxygen atoms in total. The van der Waals surface area contributed by atoms with Gasteiger partial charge in [0.15, 0.2) is 0 Å². The molecule has 3 aliphatic heterocycles. The van der Waals surface area contributed by atoms with E-state index in [-0.39, 0.29) is 12.1 Å². The van der Waals surface area contributed by atoms with E-state index in [2.05, 4.69) is 5.32 Å². The number of amides is 1. The minimum atomic E-state index is -4.38. The summed E-state index contributed by atoms with van der Waals surface area (Å²) < 4.78 is 35.7. The van der Waals surface area contributed by atoms with Gasteiger partial charge in [0.05, 0.1) is 0 Å². The van der Waals surface area contributed by atoms with E-state index in [9.17, 15) is 18.0 Å². The number of hydrogen-bond acceptors (Lipinski definition) is 2. The van der Waals surface area contributed by atoms with Crippen LogP contribution in [0.3, 0.4) is 0 Å². The molecule has 0 unspecified atom stereocenters. The molecule has 6 heteroatoms. The number of fused-ring (bicyclic) bond motifs is 2. The van der Waals surface area contributed by atoms with Crippen LogP contribution >= 0.6 is 0 Å². The van der Waals surface area contributed by atoms with Crippen LogP contribution in [0.1, 0.15) is 12.8 Å². The Hall–Kier alpha value is -0.780. The zero-order chi connectivity index (χ0) is 10.3. The Morgan fingerprint density at radius 1 is 1.36 bits per heavy atom. The number of hydrogen-bond donors (Lipinski definition) is 1. The van der Waals surface area contributed by atoms with Crippen molar-refractivity contribution in [1.82, 2.24) is 10.2 Å². The average Bonchev–Trinajstić information content (AvgIpc) is 2.00. The number of carbonyl (C=O) groups is 1. The molecule has 3 rings (SSSR count). The number of halogens is 3.